The SMILES string of the molecule is CC(CNc1ccc(Cl)cc1C(N)=S)c1nccs1. The predicted octanol–water partition coefficient (Wildman–Crippen LogP) is 3.65. The number of aromatic nitrogens is 1. The molecule has 1 unspecified atom stereocenters. The smallest absolute Gasteiger partial charge is 0.106 e. The Labute approximate surface area is 126 Å². The number of anilines is 1. The third kappa shape index (κ3) is 3.65. The van der Waals surface area contributed by atoms with E-state index in [4.69, 9.17) is 29.6 Å². The number of nitrogens with one attached hydrogen (secondary N) is 1. The van der Waals surface area contributed by atoms with Gasteiger partial charge in [-0.3, -0.25) is 0 Å². The molecule has 1 atom stereocenters. The van der Waals surface area contributed by atoms with Crippen LogP contribution in [0.25, 0.3) is 0 Å². The summed E-state index contributed by atoms with van der Waals surface area (Å²) in [4.78, 5) is 4.65. The van der Waals surface area contributed by atoms with Crippen molar-refractivity contribution < 1.29 is 0 Å². The molecular weight excluding hydrogens is 298 g/mol. The van der Waals surface area contributed by atoms with Gasteiger partial charge in [-0.1, -0.05) is 30.7 Å². The molecule has 3 nitrogen and oxygen atoms in total. The van der Waals surface area contributed by atoms with Crippen molar-refractivity contribution in [1.29, 1.82) is 0 Å². The molecule has 19 heavy (non-hydrogen) atoms. The van der Waals surface area contributed by atoms with Crippen LogP contribution in [0.1, 0.15) is 23.4 Å². The third-order valence-electron chi connectivity index (χ3n) is 2.72. The highest BCUT2D eigenvalue weighted by Gasteiger charge is 2.10. The highest BCUT2D eigenvalue weighted by atomic mass is 35.5. The Balaban J connectivity index is 2.09. The zero-order chi connectivity index (χ0) is 13.8. The molecule has 0 amide bonds. The van der Waals surface area contributed by atoms with Gasteiger partial charge in [0.05, 0.1) is 5.01 Å². The molecule has 0 aliphatic heterocycles. The van der Waals surface area contributed by atoms with Crippen molar-refractivity contribution in [3.05, 3.63) is 45.4 Å². The van der Waals surface area contributed by atoms with Gasteiger partial charge in [-0.2, -0.15) is 0 Å². The fraction of sp³-hybridized carbons (Fsp3) is 0.231. The minimum atomic E-state index is 0.329. The van der Waals surface area contributed by atoms with E-state index in [0.29, 0.717) is 15.9 Å². The second-order valence-electron chi connectivity index (χ2n) is 4.21. The summed E-state index contributed by atoms with van der Waals surface area (Å²) in [6.45, 7) is 2.90. The summed E-state index contributed by atoms with van der Waals surface area (Å²) in [5.41, 5.74) is 7.38. The van der Waals surface area contributed by atoms with Crippen molar-refractivity contribution in [2.24, 2.45) is 5.73 Å². The number of hydrogen-bond donors (Lipinski definition) is 2. The van der Waals surface area contributed by atoms with Crippen LogP contribution >= 0.6 is 35.2 Å². The molecule has 0 spiro atoms. The molecule has 0 fully saturated rings. The number of hydrogen-bond acceptors (Lipinski definition) is 4. The largest absolute Gasteiger partial charge is 0.389 e. The molecule has 1 aromatic carbocycles. The lowest BCUT2D eigenvalue weighted by molar-refractivity contribution is 0.795. The molecule has 0 aliphatic carbocycles. The molecular formula is C13H14ClN3S2. The van der Waals surface area contributed by atoms with Crippen molar-refractivity contribution in [2.75, 3.05) is 11.9 Å². The average molecular weight is 312 g/mol. The predicted molar refractivity (Wildman–Crippen MR) is 86.4 cm³/mol. The minimum Gasteiger partial charge on any atom is -0.389 e. The molecule has 0 aliphatic rings. The van der Waals surface area contributed by atoms with E-state index in [1.807, 2.05) is 23.7 Å². The molecule has 100 valence electrons. The van der Waals surface area contributed by atoms with E-state index in [2.05, 4.69) is 17.2 Å². The van der Waals surface area contributed by atoms with Gasteiger partial charge in [0, 0.05) is 40.3 Å². The van der Waals surface area contributed by atoms with Crippen LogP contribution in [0.2, 0.25) is 5.02 Å². The molecule has 0 saturated carbocycles. The van der Waals surface area contributed by atoms with Crippen LogP contribution in [0.15, 0.2) is 29.8 Å². The molecule has 2 rings (SSSR count). The van der Waals surface area contributed by atoms with Gasteiger partial charge in [-0.05, 0) is 18.2 Å². The van der Waals surface area contributed by atoms with E-state index >= 15 is 0 Å². The lowest BCUT2D eigenvalue weighted by Gasteiger charge is -2.14. The molecule has 0 bridgehead atoms. The van der Waals surface area contributed by atoms with Crippen LogP contribution in [0.5, 0.6) is 0 Å². The second kappa shape index (κ2) is 6.32. The van der Waals surface area contributed by atoms with Crippen molar-refractivity contribution in [2.45, 2.75) is 12.8 Å². The first-order chi connectivity index (χ1) is 9.08. The molecule has 6 heteroatoms. The molecule has 0 saturated heterocycles. The molecule has 3 N–H and O–H groups in total. The molecule has 1 heterocycles. The monoisotopic (exact) mass is 311 g/mol. The number of rotatable bonds is 5. The minimum absolute atomic E-state index is 0.329. The Hall–Kier alpha value is -1.17. The first-order valence-electron chi connectivity index (χ1n) is 5.80. The molecule has 1 aromatic heterocycles. The van der Waals surface area contributed by atoms with Gasteiger partial charge in [-0.25, -0.2) is 4.98 Å². The summed E-state index contributed by atoms with van der Waals surface area (Å²) in [7, 11) is 0. The second-order valence-corrected chi connectivity index (χ2v) is 6.01. The van der Waals surface area contributed by atoms with Crippen LogP contribution in [-0.2, 0) is 0 Å². The summed E-state index contributed by atoms with van der Waals surface area (Å²) in [5, 5.41) is 7.07. The van der Waals surface area contributed by atoms with Crippen molar-refractivity contribution in [3.63, 3.8) is 0 Å². The van der Waals surface area contributed by atoms with Crippen LogP contribution < -0.4 is 11.1 Å². The van der Waals surface area contributed by atoms with Gasteiger partial charge in [-0.15, -0.1) is 11.3 Å². The lowest BCUT2D eigenvalue weighted by atomic mass is 10.1. The number of halogens is 1. The summed E-state index contributed by atoms with van der Waals surface area (Å²) in [6.07, 6.45) is 1.82. The fourth-order valence-corrected chi connectivity index (χ4v) is 2.74. The maximum Gasteiger partial charge on any atom is 0.106 e. The first kappa shape index (κ1) is 14.2. The zero-order valence-electron chi connectivity index (χ0n) is 10.4. The number of nitrogens with zero attached hydrogens (tertiary/aromatic N) is 1. The Morgan fingerprint density at radius 3 is 3.00 bits per heavy atom. The standard InChI is InChI=1S/C13H14ClN3S2/c1-8(13-16-4-5-19-13)7-17-11-3-2-9(14)6-10(11)12(15)18/h2-6,8,17H,7H2,1H3,(H2,15,18). The van der Waals surface area contributed by atoms with Crippen molar-refractivity contribution >= 4 is 45.8 Å². The van der Waals surface area contributed by atoms with Gasteiger partial charge in [0.1, 0.15) is 4.99 Å². The number of nitrogens with two attached hydrogens (primary N) is 1. The highest BCUT2D eigenvalue weighted by molar-refractivity contribution is 7.80. The van der Waals surface area contributed by atoms with Crippen molar-refractivity contribution in [1.82, 2.24) is 4.98 Å². The summed E-state index contributed by atoms with van der Waals surface area (Å²) in [5.74, 6) is 0.329. The zero-order valence-corrected chi connectivity index (χ0v) is 12.8. The Morgan fingerprint density at radius 2 is 2.37 bits per heavy atom. The Kier molecular flexibility index (Phi) is 4.74. The Bertz CT molecular complexity index is 569. The van der Waals surface area contributed by atoms with Gasteiger partial charge < -0.3 is 11.1 Å². The van der Waals surface area contributed by atoms with E-state index in [0.717, 1.165) is 22.8 Å². The van der Waals surface area contributed by atoms with E-state index in [9.17, 15) is 0 Å². The molecule has 2 aromatic rings. The van der Waals surface area contributed by atoms with Gasteiger partial charge in [0.2, 0.25) is 0 Å². The van der Waals surface area contributed by atoms with Gasteiger partial charge >= 0.3 is 0 Å². The average Bonchev–Trinajstić information content (AvgIpc) is 2.90. The lowest BCUT2D eigenvalue weighted by Crippen LogP contribution is -2.16. The maximum absolute atomic E-state index is 5.95. The first-order valence-corrected chi connectivity index (χ1v) is 7.47. The molecule has 0 radical (unpaired) electrons. The van der Waals surface area contributed by atoms with Crippen LogP contribution in [0.4, 0.5) is 5.69 Å². The van der Waals surface area contributed by atoms with Crippen LogP contribution in [0.3, 0.4) is 0 Å². The highest BCUT2D eigenvalue weighted by Crippen LogP contribution is 2.23. The maximum atomic E-state index is 5.95. The Morgan fingerprint density at radius 1 is 1.58 bits per heavy atom. The van der Waals surface area contributed by atoms with Crippen molar-refractivity contribution in [3.8, 4) is 0 Å². The van der Waals surface area contributed by atoms with E-state index in [1.165, 1.54) is 0 Å². The van der Waals surface area contributed by atoms with E-state index in [1.54, 1.807) is 17.4 Å². The van der Waals surface area contributed by atoms with E-state index < -0.39 is 0 Å². The third-order valence-corrected chi connectivity index (χ3v) is 4.18. The van der Waals surface area contributed by atoms with Crippen LogP contribution in [0, 0.1) is 0 Å². The summed E-state index contributed by atoms with van der Waals surface area (Å²) < 4.78 is 0. The van der Waals surface area contributed by atoms with Gasteiger partial charge in [0.25, 0.3) is 0 Å². The topological polar surface area (TPSA) is 50.9 Å². The quantitative estimate of drug-likeness (QED) is 0.828. The normalized spacial score (nSPS) is 12.1. The number of benzene rings is 1. The van der Waals surface area contributed by atoms with E-state index in [-0.39, 0.29) is 0 Å². The number of thiocarbonyl (C=S) groups is 1. The summed E-state index contributed by atoms with van der Waals surface area (Å²) >= 11 is 12.6. The van der Waals surface area contributed by atoms with Crippen LogP contribution in [-0.4, -0.2) is 16.5 Å². The number of thiazole rings is 1. The summed E-state index contributed by atoms with van der Waals surface area (Å²) in [6, 6.07) is 5.49. The van der Waals surface area contributed by atoms with Gasteiger partial charge in [0.15, 0.2) is 0 Å². The fourth-order valence-electron chi connectivity index (χ4n) is 1.70.